The second-order valence-corrected chi connectivity index (χ2v) is 5.86. The number of rotatable bonds is 5. The molecule has 0 heterocycles. The van der Waals surface area contributed by atoms with Gasteiger partial charge in [0.05, 0.1) is 12.7 Å². The average molecular weight is 330 g/mol. The highest BCUT2D eigenvalue weighted by molar-refractivity contribution is 5.76. The molecule has 1 fully saturated rings. The number of alkyl halides is 3. The van der Waals surface area contributed by atoms with Gasteiger partial charge in [0.2, 0.25) is 5.91 Å². The van der Waals surface area contributed by atoms with Crippen LogP contribution in [0.15, 0.2) is 18.2 Å². The molecule has 2 rings (SSSR count). The summed E-state index contributed by atoms with van der Waals surface area (Å²) < 4.78 is 44.1. The zero-order valence-electron chi connectivity index (χ0n) is 13.0. The number of nitrogens with one attached hydrogen (secondary N) is 1. The van der Waals surface area contributed by atoms with Gasteiger partial charge in [-0.15, -0.1) is 0 Å². The number of methoxy groups -OCH3 is 1. The zero-order valence-corrected chi connectivity index (χ0v) is 13.0. The quantitative estimate of drug-likeness (QED) is 0.872. The van der Waals surface area contributed by atoms with Crippen LogP contribution >= 0.6 is 0 Å². The van der Waals surface area contributed by atoms with Crippen LogP contribution in [-0.2, 0) is 17.5 Å². The largest absolute Gasteiger partial charge is 0.497 e. The zero-order chi connectivity index (χ0) is 17.0. The van der Waals surface area contributed by atoms with Gasteiger partial charge in [-0.25, -0.2) is 0 Å². The van der Waals surface area contributed by atoms with Crippen LogP contribution in [0, 0.1) is 5.92 Å². The Morgan fingerprint density at radius 3 is 2.70 bits per heavy atom. The molecule has 7 heteroatoms. The standard InChI is InChI=1S/C16H21F3N2O2/c1-23-12-6-5-11(13(8-12)16(17,18)19)9-21-15(22)7-10-3-2-4-14(10)20/h5-6,8,10,14H,2-4,7,9,20H2,1H3,(H,21,22)/t10-,14+/m0/s1. The van der Waals surface area contributed by atoms with Crippen LogP contribution in [0.25, 0.3) is 0 Å². The maximum absolute atomic E-state index is 13.1. The van der Waals surface area contributed by atoms with Gasteiger partial charge < -0.3 is 15.8 Å². The van der Waals surface area contributed by atoms with Crippen molar-refractivity contribution in [2.45, 2.75) is 44.4 Å². The molecule has 2 atom stereocenters. The lowest BCUT2D eigenvalue weighted by molar-refractivity contribution is -0.138. The van der Waals surface area contributed by atoms with Gasteiger partial charge in [-0.2, -0.15) is 13.2 Å². The average Bonchev–Trinajstić information content (AvgIpc) is 2.89. The van der Waals surface area contributed by atoms with Crippen LogP contribution < -0.4 is 15.8 Å². The maximum atomic E-state index is 13.1. The van der Waals surface area contributed by atoms with Crippen molar-refractivity contribution >= 4 is 5.91 Å². The van der Waals surface area contributed by atoms with Crippen molar-refractivity contribution in [3.8, 4) is 5.75 Å². The summed E-state index contributed by atoms with van der Waals surface area (Å²) in [6, 6.07) is 3.72. The van der Waals surface area contributed by atoms with Crippen molar-refractivity contribution in [3.05, 3.63) is 29.3 Å². The number of ether oxygens (including phenoxy) is 1. The molecule has 1 aromatic rings. The van der Waals surface area contributed by atoms with Gasteiger partial charge in [0.1, 0.15) is 5.75 Å². The Morgan fingerprint density at radius 2 is 2.13 bits per heavy atom. The van der Waals surface area contributed by atoms with Gasteiger partial charge in [-0.05, 0) is 36.5 Å². The molecule has 0 spiro atoms. The second kappa shape index (κ2) is 7.21. The molecule has 1 saturated carbocycles. The molecular weight excluding hydrogens is 309 g/mol. The number of benzene rings is 1. The van der Waals surface area contributed by atoms with E-state index in [4.69, 9.17) is 10.5 Å². The Morgan fingerprint density at radius 1 is 1.39 bits per heavy atom. The Balaban J connectivity index is 2.00. The fourth-order valence-electron chi connectivity index (χ4n) is 2.92. The van der Waals surface area contributed by atoms with Crippen molar-refractivity contribution < 1.29 is 22.7 Å². The Hall–Kier alpha value is -1.76. The van der Waals surface area contributed by atoms with Crippen molar-refractivity contribution in [2.24, 2.45) is 11.7 Å². The fraction of sp³-hybridized carbons (Fsp3) is 0.562. The highest BCUT2D eigenvalue weighted by Gasteiger charge is 2.34. The van der Waals surface area contributed by atoms with E-state index in [1.54, 1.807) is 0 Å². The Labute approximate surface area is 133 Å². The molecule has 0 saturated heterocycles. The van der Waals surface area contributed by atoms with Crippen molar-refractivity contribution in [3.63, 3.8) is 0 Å². The van der Waals surface area contributed by atoms with Crippen LogP contribution in [0.5, 0.6) is 5.75 Å². The van der Waals surface area contributed by atoms with E-state index in [0.717, 1.165) is 25.3 Å². The summed E-state index contributed by atoms with van der Waals surface area (Å²) in [6.45, 7) is -0.167. The fourth-order valence-corrected chi connectivity index (χ4v) is 2.92. The smallest absolute Gasteiger partial charge is 0.416 e. The molecule has 1 aromatic carbocycles. The van der Waals surface area contributed by atoms with E-state index in [2.05, 4.69) is 5.32 Å². The molecular formula is C16H21F3N2O2. The van der Waals surface area contributed by atoms with Gasteiger partial charge in [0.25, 0.3) is 0 Å². The van der Waals surface area contributed by atoms with Crippen molar-refractivity contribution in [2.75, 3.05) is 7.11 Å². The lowest BCUT2D eigenvalue weighted by atomic mass is 9.99. The van der Waals surface area contributed by atoms with E-state index < -0.39 is 11.7 Å². The molecule has 1 amide bonds. The lowest BCUT2D eigenvalue weighted by Gasteiger charge is -2.17. The number of hydrogen-bond acceptors (Lipinski definition) is 3. The molecule has 0 aliphatic heterocycles. The molecule has 0 bridgehead atoms. The van der Waals surface area contributed by atoms with Crippen LogP contribution in [0.1, 0.15) is 36.8 Å². The molecule has 4 nitrogen and oxygen atoms in total. The Bertz CT molecular complexity index is 561. The first-order chi connectivity index (χ1) is 10.8. The molecule has 1 aliphatic rings. The first kappa shape index (κ1) is 17.6. The van der Waals surface area contributed by atoms with E-state index in [9.17, 15) is 18.0 Å². The SMILES string of the molecule is COc1ccc(CNC(=O)C[C@@H]2CCC[C@H]2N)c(C(F)(F)F)c1. The van der Waals surface area contributed by atoms with E-state index >= 15 is 0 Å². The maximum Gasteiger partial charge on any atom is 0.416 e. The third-order valence-electron chi connectivity index (χ3n) is 4.26. The van der Waals surface area contributed by atoms with E-state index in [0.29, 0.717) is 0 Å². The predicted octanol–water partition coefficient (Wildman–Crippen LogP) is 2.85. The Kier molecular flexibility index (Phi) is 5.51. The third-order valence-corrected chi connectivity index (χ3v) is 4.26. The van der Waals surface area contributed by atoms with Crippen molar-refractivity contribution in [1.29, 1.82) is 0 Å². The summed E-state index contributed by atoms with van der Waals surface area (Å²) in [4.78, 5) is 11.9. The number of hydrogen-bond donors (Lipinski definition) is 2. The highest BCUT2D eigenvalue weighted by Crippen LogP contribution is 2.34. The van der Waals surface area contributed by atoms with Gasteiger partial charge in [0, 0.05) is 19.0 Å². The summed E-state index contributed by atoms with van der Waals surface area (Å²) >= 11 is 0. The van der Waals surface area contributed by atoms with Gasteiger partial charge in [0.15, 0.2) is 0 Å². The van der Waals surface area contributed by atoms with Gasteiger partial charge >= 0.3 is 6.18 Å². The first-order valence-electron chi connectivity index (χ1n) is 7.57. The molecule has 23 heavy (non-hydrogen) atoms. The second-order valence-electron chi connectivity index (χ2n) is 5.86. The van der Waals surface area contributed by atoms with Gasteiger partial charge in [-0.1, -0.05) is 12.5 Å². The molecule has 0 aromatic heterocycles. The number of halogens is 3. The first-order valence-corrected chi connectivity index (χ1v) is 7.57. The summed E-state index contributed by atoms with van der Waals surface area (Å²) in [5.41, 5.74) is 5.12. The van der Waals surface area contributed by atoms with Crippen LogP contribution in [0.2, 0.25) is 0 Å². The van der Waals surface area contributed by atoms with Crippen LogP contribution in [-0.4, -0.2) is 19.1 Å². The van der Waals surface area contributed by atoms with E-state index in [1.807, 2.05) is 0 Å². The summed E-state index contributed by atoms with van der Waals surface area (Å²) in [6.07, 6.45) is -1.45. The normalized spacial score (nSPS) is 21.3. The molecule has 1 aliphatic carbocycles. The molecule has 0 unspecified atom stereocenters. The molecule has 0 radical (unpaired) electrons. The van der Waals surface area contributed by atoms with E-state index in [1.165, 1.54) is 19.2 Å². The van der Waals surface area contributed by atoms with Crippen molar-refractivity contribution in [1.82, 2.24) is 5.32 Å². The summed E-state index contributed by atoms with van der Waals surface area (Å²) in [7, 11) is 1.31. The highest BCUT2D eigenvalue weighted by atomic mass is 19.4. The minimum Gasteiger partial charge on any atom is -0.497 e. The summed E-state index contributed by atoms with van der Waals surface area (Å²) in [5.74, 6) is -0.0198. The minimum atomic E-state index is -4.50. The van der Waals surface area contributed by atoms with Gasteiger partial charge in [-0.3, -0.25) is 4.79 Å². The lowest BCUT2D eigenvalue weighted by Crippen LogP contribution is -2.31. The number of amides is 1. The molecule has 128 valence electrons. The van der Waals surface area contributed by atoms with E-state index in [-0.39, 0.29) is 42.1 Å². The number of nitrogens with two attached hydrogens (primary N) is 1. The third kappa shape index (κ3) is 4.60. The van der Waals surface area contributed by atoms with Crippen LogP contribution in [0.3, 0.4) is 0 Å². The topological polar surface area (TPSA) is 64.3 Å². The molecule has 3 N–H and O–H groups in total. The number of carbonyl (C=O) groups is 1. The summed E-state index contributed by atoms with van der Waals surface area (Å²) in [5, 5.41) is 2.56. The predicted molar refractivity (Wildman–Crippen MR) is 79.8 cm³/mol. The number of carbonyl (C=O) groups excluding carboxylic acids is 1. The monoisotopic (exact) mass is 330 g/mol. The minimum absolute atomic E-state index is 0.00692. The van der Waals surface area contributed by atoms with Crippen LogP contribution in [0.4, 0.5) is 13.2 Å².